The zero-order chi connectivity index (χ0) is 27.9. The van der Waals surface area contributed by atoms with E-state index in [1.165, 1.54) is 15.9 Å². The van der Waals surface area contributed by atoms with Crippen molar-refractivity contribution < 1.29 is 33.4 Å². The van der Waals surface area contributed by atoms with Crippen LogP contribution in [-0.4, -0.2) is 83.0 Å². The number of piperazine rings is 1. The van der Waals surface area contributed by atoms with E-state index >= 15 is 0 Å². The van der Waals surface area contributed by atoms with Gasteiger partial charge >= 0.3 is 12.1 Å². The predicted octanol–water partition coefficient (Wildman–Crippen LogP) is 1.52. The van der Waals surface area contributed by atoms with Gasteiger partial charge in [-0.1, -0.05) is 43.0 Å². The molecule has 2 fully saturated rings. The number of benzene rings is 1. The Morgan fingerprint density at radius 1 is 1.18 bits per heavy atom. The number of nitrogens with one attached hydrogen (secondary N) is 2. The largest absolute Gasteiger partial charge is 0.461 e. The molecule has 3 rings (SSSR count). The molecular formula is C27H36N4O7. The second kappa shape index (κ2) is 12.6. The third-order valence-electron chi connectivity index (χ3n) is 6.16. The van der Waals surface area contributed by atoms with Gasteiger partial charge in [-0.2, -0.15) is 0 Å². The lowest BCUT2D eigenvalue weighted by atomic mass is 10.0. The lowest BCUT2D eigenvalue weighted by Gasteiger charge is -2.39. The number of esters is 1. The third-order valence-corrected chi connectivity index (χ3v) is 6.16. The van der Waals surface area contributed by atoms with E-state index in [0.717, 1.165) is 5.56 Å². The van der Waals surface area contributed by atoms with Gasteiger partial charge < -0.3 is 25.0 Å². The van der Waals surface area contributed by atoms with Crippen LogP contribution in [0.2, 0.25) is 0 Å². The molecule has 206 valence electrons. The summed E-state index contributed by atoms with van der Waals surface area (Å²) in [6.45, 7) is 9.08. The van der Waals surface area contributed by atoms with Crippen LogP contribution in [0.1, 0.15) is 45.6 Å². The quantitative estimate of drug-likeness (QED) is 0.367. The highest BCUT2D eigenvalue weighted by Gasteiger charge is 2.43. The van der Waals surface area contributed by atoms with Gasteiger partial charge in [0, 0.05) is 19.6 Å². The van der Waals surface area contributed by atoms with Crippen LogP contribution >= 0.6 is 0 Å². The number of likely N-dealkylation sites (tertiary alicyclic amines) is 1. The topological polar surface area (TPSA) is 134 Å². The average molecular weight is 529 g/mol. The predicted molar refractivity (Wildman–Crippen MR) is 137 cm³/mol. The van der Waals surface area contributed by atoms with Gasteiger partial charge in [-0.15, -0.1) is 0 Å². The highest BCUT2D eigenvalue weighted by atomic mass is 16.6. The fourth-order valence-corrected chi connectivity index (χ4v) is 4.41. The van der Waals surface area contributed by atoms with Crippen molar-refractivity contribution >= 4 is 29.8 Å². The van der Waals surface area contributed by atoms with Gasteiger partial charge in [-0.05, 0) is 39.2 Å². The van der Waals surface area contributed by atoms with E-state index in [9.17, 15) is 24.0 Å². The maximum Gasteiger partial charge on any atom is 0.410 e. The first-order chi connectivity index (χ1) is 18.0. The van der Waals surface area contributed by atoms with E-state index < -0.39 is 53.5 Å². The zero-order valence-corrected chi connectivity index (χ0v) is 22.1. The lowest BCUT2D eigenvalue weighted by Crippen LogP contribution is -2.66. The second-order valence-electron chi connectivity index (χ2n) is 10.3. The van der Waals surface area contributed by atoms with Gasteiger partial charge in [0.1, 0.15) is 30.3 Å². The van der Waals surface area contributed by atoms with Crippen molar-refractivity contribution in [3.05, 3.63) is 48.6 Å². The van der Waals surface area contributed by atoms with Crippen LogP contribution in [0.4, 0.5) is 4.79 Å². The first kappa shape index (κ1) is 28.7. The summed E-state index contributed by atoms with van der Waals surface area (Å²) in [6.07, 6.45) is 1.62. The van der Waals surface area contributed by atoms with E-state index in [0.29, 0.717) is 19.4 Å². The Labute approximate surface area is 222 Å². The maximum atomic E-state index is 13.4. The molecular weight excluding hydrogens is 492 g/mol. The molecule has 0 bridgehead atoms. The first-order valence-corrected chi connectivity index (χ1v) is 12.7. The van der Waals surface area contributed by atoms with Gasteiger partial charge in [0.2, 0.25) is 17.7 Å². The molecule has 2 saturated heterocycles. The minimum atomic E-state index is -1.09. The van der Waals surface area contributed by atoms with Crippen LogP contribution in [0.5, 0.6) is 0 Å². The minimum absolute atomic E-state index is 0.00242. The molecule has 2 aliphatic rings. The lowest BCUT2D eigenvalue weighted by molar-refractivity contribution is -0.154. The molecule has 3 atom stereocenters. The normalized spacial score (nSPS) is 21.5. The Morgan fingerprint density at radius 2 is 1.89 bits per heavy atom. The number of hydrogen-bond acceptors (Lipinski definition) is 7. The minimum Gasteiger partial charge on any atom is -0.461 e. The maximum absolute atomic E-state index is 13.4. The Bertz CT molecular complexity index is 1050. The molecule has 0 saturated carbocycles. The third kappa shape index (κ3) is 7.56. The summed E-state index contributed by atoms with van der Waals surface area (Å²) in [6, 6.07) is 6.27. The highest BCUT2D eigenvalue weighted by Crippen LogP contribution is 2.22. The number of carbonyl (C=O) groups excluding carboxylic acids is 5. The van der Waals surface area contributed by atoms with Gasteiger partial charge in [0.05, 0.1) is 6.42 Å². The molecule has 2 N–H and O–H groups in total. The van der Waals surface area contributed by atoms with Gasteiger partial charge in [-0.25, -0.2) is 4.79 Å². The fraction of sp³-hybridized carbons (Fsp3) is 0.519. The van der Waals surface area contributed by atoms with E-state index in [1.54, 1.807) is 20.8 Å². The van der Waals surface area contributed by atoms with Crippen molar-refractivity contribution in [3.63, 3.8) is 0 Å². The molecule has 1 aromatic carbocycles. The molecule has 0 spiro atoms. The monoisotopic (exact) mass is 528 g/mol. The number of hydrogen-bond donors (Lipinski definition) is 2. The number of rotatable bonds is 9. The number of carbonyl (C=O) groups is 5. The van der Waals surface area contributed by atoms with Crippen LogP contribution in [0.25, 0.3) is 0 Å². The van der Waals surface area contributed by atoms with Crippen molar-refractivity contribution in [2.45, 2.75) is 70.3 Å². The molecule has 0 aliphatic carbocycles. The van der Waals surface area contributed by atoms with Crippen molar-refractivity contribution in [1.29, 1.82) is 0 Å². The van der Waals surface area contributed by atoms with Crippen molar-refractivity contribution in [2.75, 3.05) is 19.7 Å². The standard InChI is InChI=1S/C27H36N4O7/c1-5-14-37-22(32)15-19-25(35)31(17-18-10-7-6-8-11-18)21(24(34)29-19)16-28-23(33)20-12-9-13-30(20)26(36)38-27(2,3)4/h5-8,10-11,19-21H,1,9,12-17H2,2-4H3,(H,28,33)(H,29,34)/t19-,20+,21+/m0/s1. The first-order valence-electron chi connectivity index (χ1n) is 12.7. The van der Waals surface area contributed by atoms with Crippen molar-refractivity contribution in [2.24, 2.45) is 0 Å². The molecule has 2 heterocycles. The molecule has 11 heteroatoms. The highest BCUT2D eigenvalue weighted by molar-refractivity contribution is 5.99. The van der Waals surface area contributed by atoms with Crippen LogP contribution in [0, 0.1) is 0 Å². The molecule has 0 radical (unpaired) electrons. The molecule has 38 heavy (non-hydrogen) atoms. The smallest absolute Gasteiger partial charge is 0.410 e. The average Bonchev–Trinajstić information content (AvgIpc) is 3.35. The SMILES string of the molecule is C=CCOC(=O)C[C@@H]1NC(=O)[C@@H](CNC(=O)[C@H]2CCCN2C(=O)OC(C)(C)C)N(Cc2ccccc2)C1=O. The number of ether oxygens (including phenoxy) is 2. The zero-order valence-electron chi connectivity index (χ0n) is 22.1. The summed E-state index contributed by atoms with van der Waals surface area (Å²) >= 11 is 0. The summed E-state index contributed by atoms with van der Waals surface area (Å²) in [5, 5.41) is 5.34. The molecule has 0 unspecified atom stereocenters. The van der Waals surface area contributed by atoms with E-state index in [2.05, 4.69) is 17.2 Å². The Morgan fingerprint density at radius 3 is 2.55 bits per heavy atom. The molecule has 11 nitrogen and oxygen atoms in total. The Balaban J connectivity index is 1.71. The van der Waals surface area contributed by atoms with Crippen LogP contribution in [-0.2, 0) is 35.2 Å². The van der Waals surface area contributed by atoms with E-state index in [1.807, 2.05) is 30.3 Å². The molecule has 1 aromatic rings. The fourth-order valence-electron chi connectivity index (χ4n) is 4.41. The summed E-state index contributed by atoms with van der Waals surface area (Å²) in [4.78, 5) is 67.0. The van der Waals surface area contributed by atoms with Gasteiger partial charge in [0.25, 0.3) is 0 Å². The molecule has 2 aliphatic heterocycles. The van der Waals surface area contributed by atoms with Crippen LogP contribution in [0.15, 0.2) is 43.0 Å². The van der Waals surface area contributed by atoms with Crippen molar-refractivity contribution in [1.82, 2.24) is 20.4 Å². The van der Waals surface area contributed by atoms with Crippen LogP contribution < -0.4 is 10.6 Å². The summed E-state index contributed by atoms with van der Waals surface area (Å²) in [5.41, 5.74) is 0.0835. The molecule has 4 amide bonds. The Kier molecular flexibility index (Phi) is 9.49. The van der Waals surface area contributed by atoms with Crippen molar-refractivity contribution in [3.8, 4) is 0 Å². The van der Waals surface area contributed by atoms with Gasteiger partial charge in [0.15, 0.2) is 0 Å². The number of nitrogens with zero attached hydrogens (tertiary/aromatic N) is 2. The summed E-state index contributed by atoms with van der Waals surface area (Å²) < 4.78 is 10.4. The van der Waals surface area contributed by atoms with E-state index in [4.69, 9.17) is 9.47 Å². The van der Waals surface area contributed by atoms with Gasteiger partial charge in [-0.3, -0.25) is 24.1 Å². The van der Waals surface area contributed by atoms with E-state index in [-0.39, 0.29) is 26.1 Å². The molecule has 0 aromatic heterocycles. The summed E-state index contributed by atoms with van der Waals surface area (Å²) in [5.74, 6) is -2.03. The van der Waals surface area contributed by atoms with Crippen LogP contribution in [0.3, 0.4) is 0 Å². The second-order valence-corrected chi connectivity index (χ2v) is 10.3. The Hall–Kier alpha value is -3.89. The number of amides is 4. The summed E-state index contributed by atoms with van der Waals surface area (Å²) in [7, 11) is 0.